The summed E-state index contributed by atoms with van der Waals surface area (Å²) >= 11 is 0. The molecule has 1 N–H and O–H groups in total. The van der Waals surface area contributed by atoms with Crippen molar-refractivity contribution in [3.05, 3.63) is 164 Å². The first kappa shape index (κ1) is 148. The van der Waals surface area contributed by atoms with Crippen LogP contribution in [0, 0.1) is 0 Å². The van der Waals surface area contributed by atoms with Crippen molar-refractivity contribution in [1.29, 1.82) is 0 Å². The van der Waals surface area contributed by atoms with Crippen LogP contribution in [0.4, 0.5) is 0 Å². The lowest BCUT2D eigenvalue weighted by Crippen LogP contribution is -2.27. The molecule has 0 heterocycles. The number of ether oxygens (including phenoxy) is 31. The molecule has 2 aromatic carbocycles. The molecule has 0 radical (unpaired) electrons. The van der Waals surface area contributed by atoms with E-state index < -0.39 is 35.8 Å². The number of unbranched alkanes of at least 4 members (excludes halogenated alkanes) is 2. The van der Waals surface area contributed by atoms with Gasteiger partial charge in [0.25, 0.3) is 0 Å². The number of carbonyl (C=O) groups is 8. The Morgan fingerprint density at radius 1 is 0.281 bits per heavy atom. The van der Waals surface area contributed by atoms with Gasteiger partial charge >= 0.3 is 47.8 Å². The van der Waals surface area contributed by atoms with Gasteiger partial charge in [0, 0.05) is 80.1 Å². The van der Waals surface area contributed by atoms with Crippen LogP contribution in [-0.2, 0) is 187 Å². The minimum Gasteiger partial charge on any atom is -0.491 e. The number of benzene rings is 2. The monoisotopic (exact) mass is 2090 g/mol. The number of esters is 8. The van der Waals surface area contributed by atoms with E-state index >= 15 is 0 Å². The number of para-hydroxylation sites is 1. The molecule has 0 spiro atoms. The van der Waals surface area contributed by atoms with Crippen molar-refractivity contribution < 1.29 is 190 Å². The second kappa shape index (κ2) is 113. The molecule has 844 valence electrons. The summed E-state index contributed by atoms with van der Waals surface area (Å²) in [5, 5.41) is 8.47. The number of methoxy groups -OCH3 is 4. The van der Waals surface area contributed by atoms with E-state index in [2.05, 4.69) is 59.6 Å². The molecule has 0 saturated carbocycles. The van der Waals surface area contributed by atoms with Gasteiger partial charge in [-0.05, 0) is 114 Å². The first-order chi connectivity index (χ1) is 70.0. The van der Waals surface area contributed by atoms with Crippen LogP contribution < -0.4 is 4.74 Å². The molecule has 6 atom stereocenters. The summed E-state index contributed by atoms with van der Waals surface area (Å²) < 4.78 is 159. The largest absolute Gasteiger partial charge is 0.491 e. The standard InChI is InChI=1S/C16H22O5.C15H28O7.C14H26O7.C14H26O5.C13H24O5.C13H24O4.C11H12O2.C10H18O5/c1-14(2)16(17)21-13-11-19-9-8-18-10-12-20-15-6-4-3-5-7-15;1-14(2)15(16)22-13-12-21-11-10-20-9-8-19-7-6-18-5-4-17-3;1-13(2)14(16)21-12-11-20-10-9-19-8-7-18-6-5-17-4-3-15;1-10(2)14(15)19-13(5)9-18-12(4)8-17-11(3)7-16-6;1-6-13(14)18-12(4)9-17-11(3)8-16-10(2)7-15-5;1-4-5-6-7-15-8-9-16-10-11-17-13(14)12(2)3;1-9(2)11(12)13-8-10-6-4-3-5-7-10;1-9(2)10(11)15-8-14-7-6-13-5-4-12-3/h3-7H,1,8-13H2,2H3;1,4-13H2,2-3H3;15H,1,3-12H2,2H3;11-13H,1,7-9H2,2-6H3;6,10-12H,1,7-9H2,2-5H3;2,4-11H2,1,3H3;3-7H,1,8H2,2H3;1,4-8H2,2-3H3. The molecule has 0 aliphatic rings. The van der Waals surface area contributed by atoms with E-state index in [9.17, 15) is 38.4 Å². The minimum absolute atomic E-state index is 0.0233. The predicted octanol–water partition coefficient (Wildman–Crippen LogP) is 12.1. The van der Waals surface area contributed by atoms with E-state index in [-0.39, 0.29) is 88.4 Å². The van der Waals surface area contributed by atoms with Crippen LogP contribution in [0.1, 0.15) is 122 Å². The highest BCUT2D eigenvalue weighted by Gasteiger charge is 2.16. The van der Waals surface area contributed by atoms with Crippen molar-refractivity contribution in [3.63, 3.8) is 0 Å². The van der Waals surface area contributed by atoms with Crippen molar-refractivity contribution in [3.8, 4) is 5.75 Å². The van der Waals surface area contributed by atoms with Crippen LogP contribution in [0.15, 0.2) is 158 Å². The summed E-state index contributed by atoms with van der Waals surface area (Å²) in [5.74, 6) is -2.37. The van der Waals surface area contributed by atoms with Crippen LogP contribution in [0.5, 0.6) is 5.75 Å². The molecule has 0 aliphatic heterocycles. The van der Waals surface area contributed by atoms with E-state index in [0.717, 1.165) is 30.4 Å². The normalized spacial score (nSPS) is 11.6. The fourth-order valence-corrected chi connectivity index (χ4v) is 8.77. The van der Waals surface area contributed by atoms with E-state index in [4.69, 9.17) is 152 Å². The van der Waals surface area contributed by atoms with Crippen molar-refractivity contribution >= 4 is 47.8 Å². The Kier molecular flexibility index (Phi) is 114. The molecule has 0 aromatic heterocycles. The summed E-state index contributed by atoms with van der Waals surface area (Å²) in [4.78, 5) is 88.1. The SMILES string of the molecule is C=C(C)C(=O)OC(C)COC(C)COC(C)COC.C=C(C)C(=O)OCCOCCOCCCCC.C=C(C)C(=O)OCCOCCOCCOCCOCCO.C=C(C)C(=O)OCCOCCOCCOCCOCCOC.C=C(C)C(=O)OCCOCCOCCOc1ccccc1.C=C(C)C(=O)OCOCCOCCOC.C=C(C)C(=O)OCc1ccccc1.C=CC(=O)OC(C)COC(C)COC(C)COC. The van der Waals surface area contributed by atoms with Crippen LogP contribution >= 0.6 is 0 Å². The van der Waals surface area contributed by atoms with Gasteiger partial charge in [-0.2, -0.15) is 0 Å². The van der Waals surface area contributed by atoms with Crippen molar-refractivity contribution in [2.75, 3.05) is 306 Å². The summed E-state index contributed by atoms with van der Waals surface area (Å²) in [6.45, 7) is 70.8. The first-order valence-electron chi connectivity index (χ1n) is 48.5. The van der Waals surface area contributed by atoms with Crippen LogP contribution in [0.25, 0.3) is 0 Å². The first-order valence-corrected chi connectivity index (χ1v) is 48.5. The Hall–Kier alpha value is -9.00. The molecule has 0 saturated heterocycles. The molecule has 40 nitrogen and oxygen atoms in total. The number of rotatable bonds is 85. The van der Waals surface area contributed by atoms with E-state index in [1.165, 1.54) is 12.8 Å². The van der Waals surface area contributed by atoms with Crippen molar-refractivity contribution in [2.45, 2.75) is 159 Å². The molecule has 2 aromatic rings. The van der Waals surface area contributed by atoms with E-state index in [0.29, 0.717) is 277 Å². The molecule has 6 unspecified atom stereocenters. The van der Waals surface area contributed by atoms with Crippen LogP contribution in [-0.4, -0.2) is 396 Å². The lowest BCUT2D eigenvalue weighted by Gasteiger charge is -2.19. The predicted molar refractivity (Wildman–Crippen MR) is 550 cm³/mol. The summed E-state index contributed by atoms with van der Waals surface area (Å²) in [5.41, 5.74) is 3.70. The van der Waals surface area contributed by atoms with Gasteiger partial charge < -0.3 is 152 Å². The Bertz CT molecular complexity index is 3530. The Morgan fingerprint density at radius 3 is 0.842 bits per heavy atom. The average molecular weight is 2090 g/mol. The second-order valence-electron chi connectivity index (χ2n) is 31.2. The van der Waals surface area contributed by atoms with Gasteiger partial charge in [-0.1, -0.05) is 121 Å². The van der Waals surface area contributed by atoms with Gasteiger partial charge in [0.1, 0.15) is 57.6 Å². The number of aliphatic hydroxyl groups excluding tert-OH is 1. The zero-order valence-electron chi connectivity index (χ0n) is 90.9. The fourth-order valence-electron chi connectivity index (χ4n) is 8.77. The fraction of sp³-hybridized carbons (Fsp3) is 0.660. The Balaban J connectivity index is -0.000000385. The molecule has 2 rings (SSSR count). The third-order valence-corrected chi connectivity index (χ3v) is 16.4. The highest BCUT2D eigenvalue weighted by molar-refractivity contribution is 5.89. The van der Waals surface area contributed by atoms with Gasteiger partial charge in [0.05, 0.1) is 256 Å². The van der Waals surface area contributed by atoms with Crippen LogP contribution in [0.2, 0.25) is 0 Å². The number of aliphatic hydroxyl groups is 1. The highest BCUT2D eigenvalue weighted by atomic mass is 16.7. The van der Waals surface area contributed by atoms with Gasteiger partial charge in [0.2, 0.25) is 0 Å². The van der Waals surface area contributed by atoms with Gasteiger partial charge in [-0.3, -0.25) is 0 Å². The molecule has 0 aliphatic carbocycles. The van der Waals surface area contributed by atoms with Crippen molar-refractivity contribution in [1.82, 2.24) is 0 Å². The number of hydrogen-bond acceptors (Lipinski definition) is 40. The zero-order chi connectivity index (χ0) is 111. The molecular formula is C106H180O40. The van der Waals surface area contributed by atoms with E-state index in [1.807, 2.05) is 88.4 Å². The maximum absolute atomic E-state index is 11.3. The second-order valence-corrected chi connectivity index (χ2v) is 31.2. The Labute approximate surface area is 869 Å². The zero-order valence-corrected chi connectivity index (χ0v) is 90.9. The lowest BCUT2D eigenvalue weighted by molar-refractivity contribution is -0.153. The minimum atomic E-state index is -0.449. The van der Waals surface area contributed by atoms with Gasteiger partial charge in [-0.15, -0.1) is 0 Å². The number of carbonyl (C=O) groups excluding carboxylic acids is 8. The Morgan fingerprint density at radius 2 is 0.541 bits per heavy atom. The maximum Gasteiger partial charge on any atom is 0.335 e. The van der Waals surface area contributed by atoms with Crippen molar-refractivity contribution in [2.24, 2.45) is 0 Å². The van der Waals surface area contributed by atoms with Gasteiger partial charge in [-0.25, -0.2) is 38.4 Å². The summed E-state index contributed by atoms with van der Waals surface area (Å²) in [6, 6.07) is 19.1. The molecule has 0 bridgehead atoms. The molecule has 0 fully saturated rings. The quantitative estimate of drug-likeness (QED) is 0.0211. The molecule has 146 heavy (non-hydrogen) atoms. The third-order valence-electron chi connectivity index (χ3n) is 16.4. The smallest absolute Gasteiger partial charge is 0.335 e. The van der Waals surface area contributed by atoms with Crippen LogP contribution in [0.3, 0.4) is 0 Å². The lowest BCUT2D eigenvalue weighted by atomic mass is 10.2. The topological polar surface area (TPSA) is 443 Å². The molecule has 40 heteroatoms. The van der Waals surface area contributed by atoms with E-state index in [1.54, 1.807) is 90.8 Å². The number of hydrogen-bond donors (Lipinski definition) is 1. The maximum atomic E-state index is 11.3. The summed E-state index contributed by atoms with van der Waals surface area (Å²) in [7, 11) is 6.51. The van der Waals surface area contributed by atoms with Gasteiger partial charge in [0.15, 0.2) is 6.79 Å². The molecular weight excluding hydrogens is 1910 g/mol. The highest BCUT2D eigenvalue weighted by Crippen LogP contribution is 2.10. The summed E-state index contributed by atoms with van der Waals surface area (Å²) in [6.07, 6.45) is 4.00. The third kappa shape index (κ3) is 117. The molecule has 0 amide bonds. The average Bonchev–Trinajstić information content (AvgIpc) is 0.942.